The lowest BCUT2D eigenvalue weighted by molar-refractivity contribution is 0.698. The van der Waals surface area contributed by atoms with E-state index in [0.717, 1.165) is 0 Å². The molecule has 0 bridgehead atoms. The number of rotatable bonds is 5. The molecule has 2 aromatic carbocycles. The fourth-order valence-electron chi connectivity index (χ4n) is 2.50. The Morgan fingerprint density at radius 2 is 1.42 bits per heavy atom. The van der Waals surface area contributed by atoms with Crippen molar-refractivity contribution in [1.82, 2.24) is 0 Å². The lowest BCUT2D eigenvalue weighted by Crippen LogP contribution is -2.08. The first-order valence-corrected chi connectivity index (χ1v) is 7.04. The summed E-state index contributed by atoms with van der Waals surface area (Å²) in [5, 5.41) is 0. The van der Waals surface area contributed by atoms with E-state index in [0.29, 0.717) is 5.92 Å². The highest BCUT2D eigenvalue weighted by Gasteiger charge is 2.12. The lowest BCUT2D eigenvalue weighted by Gasteiger charge is -2.19. The summed E-state index contributed by atoms with van der Waals surface area (Å²) in [4.78, 5) is 2.14. The molecule has 0 spiro atoms. The minimum absolute atomic E-state index is 0.516. The number of hydrogen-bond donors (Lipinski definition) is 0. The second-order valence-electron chi connectivity index (χ2n) is 5.24. The lowest BCUT2D eigenvalue weighted by atomic mass is 9.87. The molecule has 2 rings (SSSR count). The van der Waals surface area contributed by atoms with E-state index < -0.39 is 0 Å². The normalized spacial score (nSPS) is 12.2. The van der Waals surface area contributed by atoms with Crippen LogP contribution in [-0.4, -0.2) is 14.1 Å². The number of anilines is 1. The van der Waals surface area contributed by atoms with E-state index in [4.69, 9.17) is 0 Å². The van der Waals surface area contributed by atoms with Crippen LogP contribution in [-0.2, 0) is 0 Å². The molecule has 0 aromatic heterocycles. The fourth-order valence-corrected chi connectivity index (χ4v) is 2.50. The van der Waals surface area contributed by atoms with Gasteiger partial charge in [0.1, 0.15) is 0 Å². The molecule has 0 fully saturated rings. The SMILES string of the molecule is CCCC(c1ccccc1)c1ccc(N(C)C)cc1. The summed E-state index contributed by atoms with van der Waals surface area (Å²) in [7, 11) is 4.16. The van der Waals surface area contributed by atoms with Crippen molar-refractivity contribution in [2.24, 2.45) is 0 Å². The molecule has 0 saturated heterocycles. The summed E-state index contributed by atoms with van der Waals surface area (Å²) in [6.45, 7) is 2.25. The zero-order valence-electron chi connectivity index (χ0n) is 12.1. The molecular weight excluding hydrogens is 230 g/mol. The van der Waals surface area contributed by atoms with Crippen LogP contribution in [0.5, 0.6) is 0 Å². The van der Waals surface area contributed by atoms with Crippen LogP contribution in [0.3, 0.4) is 0 Å². The van der Waals surface area contributed by atoms with Crippen LogP contribution in [0.25, 0.3) is 0 Å². The van der Waals surface area contributed by atoms with Crippen LogP contribution < -0.4 is 4.90 Å². The molecule has 0 amide bonds. The van der Waals surface area contributed by atoms with Gasteiger partial charge in [-0.3, -0.25) is 0 Å². The standard InChI is InChI=1S/C18H23N/c1-4-8-18(15-9-6-5-7-10-15)16-11-13-17(14-12-16)19(2)3/h5-7,9-14,18H,4,8H2,1-3H3. The molecular formula is C18H23N. The van der Waals surface area contributed by atoms with Crippen molar-refractivity contribution in [1.29, 1.82) is 0 Å². The monoisotopic (exact) mass is 253 g/mol. The molecule has 0 aliphatic heterocycles. The molecule has 1 unspecified atom stereocenters. The van der Waals surface area contributed by atoms with Crippen LogP contribution in [0.2, 0.25) is 0 Å². The van der Waals surface area contributed by atoms with Crippen molar-refractivity contribution in [3.05, 3.63) is 65.7 Å². The summed E-state index contributed by atoms with van der Waals surface area (Å²) >= 11 is 0. The summed E-state index contributed by atoms with van der Waals surface area (Å²) in [5.74, 6) is 0.516. The van der Waals surface area contributed by atoms with Crippen molar-refractivity contribution in [2.45, 2.75) is 25.7 Å². The Labute approximate surface area is 116 Å². The third-order valence-corrected chi connectivity index (χ3v) is 3.59. The highest BCUT2D eigenvalue weighted by molar-refractivity contribution is 5.47. The number of benzene rings is 2. The van der Waals surface area contributed by atoms with Gasteiger partial charge in [-0.15, -0.1) is 0 Å². The summed E-state index contributed by atoms with van der Waals surface area (Å²) < 4.78 is 0. The van der Waals surface area contributed by atoms with Gasteiger partial charge in [-0.1, -0.05) is 55.8 Å². The maximum atomic E-state index is 2.27. The Morgan fingerprint density at radius 3 is 1.95 bits per heavy atom. The summed E-state index contributed by atoms with van der Waals surface area (Å²) in [6, 6.07) is 19.8. The second-order valence-corrected chi connectivity index (χ2v) is 5.24. The van der Waals surface area contributed by atoms with E-state index >= 15 is 0 Å². The zero-order chi connectivity index (χ0) is 13.7. The van der Waals surface area contributed by atoms with E-state index in [1.807, 2.05) is 0 Å². The Kier molecular flexibility index (Phi) is 4.62. The fraction of sp³-hybridized carbons (Fsp3) is 0.333. The minimum atomic E-state index is 0.516. The molecule has 0 saturated carbocycles. The summed E-state index contributed by atoms with van der Waals surface area (Å²) in [6.07, 6.45) is 2.40. The predicted molar refractivity (Wildman–Crippen MR) is 84.0 cm³/mol. The second kappa shape index (κ2) is 6.42. The van der Waals surface area contributed by atoms with Gasteiger partial charge in [-0.05, 0) is 29.7 Å². The molecule has 2 aromatic rings. The van der Waals surface area contributed by atoms with Gasteiger partial charge in [0.15, 0.2) is 0 Å². The molecule has 1 nitrogen and oxygen atoms in total. The van der Waals surface area contributed by atoms with Crippen molar-refractivity contribution in [2.75, 3.05) is 19.0 Å². The molecule has 19 heavy (non-hydrogen) atoms. The zero-order valence-corrected chi connectivity index (χ0v) is 12.1. The predicted octanol–water partition coefficient (Wildman–Crippen LogP) is 4.68. The van der Waals surface area contributed by atoms with Crippen molar-refractivity contribution in [3.8, 4) is 0 Å². The van der Waals surface area contributed by atoms with Gasteiger partial charge in [0, 0.05) is 25.7 Å². The van der Waals surface area contributed by atoms with Gasteiger partial charge in [0.2, 0.25) is 0 Å². The highest BCUT2D eigenvalue weighted by Crippen LogP contribution is 2.30. The molecule has 0 heterocycles. The molecule has 0 aliphatic rings. The summed E-state index contributed by atoms with van der Waals surface area (Å²) in [5.41, 5.74) is 4.09. The van der Waals surface area contributed by atoms with E-state index in [-0.39, 0.29) is 0 Å². The average molecular weight is 253 g/mol. The van der Waals surface area contributed by atoms with Crippen LogP contribution >= 0.6 is 0 Å². The topological polar surface area (TPSA) is 3.24 Å². The average Bonchev–Trinajstić information content (AvgIpc) is 2.46. The minimum Gasteiger partial charge on any atom is -0.378 e. The molecule has 1 heteroatoms. The molecule has 100 valence electrons. The van der Waals surface area contributed by atoms with Crippen LogP contribution in [0.15, 0.2) is 54.6 Å². The van der Waals surface area contributed by atoms with Crippen molar-refractivity contribution < 1.29 is 0 Å². The first-order valence-electron chi connectivity index (χ1n) is 7.04. The Bertz CT molecular complexity index is 485. The highest BCUT2D eigenvalue weighted by atomic mass is 15.1. The van der Waals surface area contributed by atoms with Gasteiger partial charge in [0.25, 0.3) is 0 Å². The van der Waals surface area contributed by atoms with Crippen LogP contribution in [0.1, 0.15) is 36.8 Å². The van der Waals surface area contributed by atoms with Gasteiger partial charge >= 0.3 is 0 Å². The smallest absolute Gasteiger partial charge is 0.0361 e. The maximum absolute atomic E-state index is 2.27. The first-order chi connectivity index (χ1) is 9.22. The van der Waals surface area contributed by atoms with E-state index in [1.165, 1.54) is 29.7 Å². The van der Waals surface area contributed by atoms with Crippen molar-refractivity contribution in [3.63, 3.8) is 0 Å². The van der Waals surface area contributed by atoms with E-state index in [1.54, 1.807) is 0 Å². The van der Waals surface area contributed by atoms with Crippen LogP contribution in [0, 0.1) is 0 Å². The van der Waals surface area contributed by atoms with E-state index in [2.05, 4.69) is 80.5 Å². The Morgan fingerprint density at radius 1 is 0.842 bits per heavy atom. The molecule has 0 N–H and O–H groups in total. The quantitative estimate of drug-likeness (QED) is 0.747. The molecule has 1 atom stereocenters. The van der Waals surface area contributed by atoms with Gasteiger partial charge in [-0.2, -0.15) is 0 Å². The van der Waals surface area contributed by atoms with Gasteiger partial charge in [-0.25, -0.2) is 0 Å². The number of hydrogen-bond acceptors (Lipinski definition) is 1. The van der Waals surface area contributed by atoms with Crippen LogP contribution in [0.4, 0.5) is 5.69 Å². The van der Waals surface area contributed by atoms with E-state index in [9.17, 15) is 0 Å². The third kappa shape index (κ3) is 3.37. The Balaban J connectivity index is 2.29. The Hall–Kier alpha value is -1.76. The first kappa shape index (κ1) is 13.7. The van der Waals surface area contributed by atoms with Crippen molar-refractivity contribution >= 4 is 5.69 Å². The van der Waals surface area contributed by atoms with Gasteiger partial charge in [0.05, 0.1) is 0 Å². The molecule has 0 aliphatic carbocycles. The largest absolute Gasteiger partial charge is 0.378 e. The number of nitrogens with zero attached hydrogens (tertiary/aromatic N) is 1. The van der Waals surface area contributed by atoms with Gasteiger partial charge < -0.3 is 4.90 Å². The molecule has 0 radical (unpaired) electrons. The maximum Gasteiger partial charge on any atom is 0.0361 e. The third-order valence-electron chi connectivity index (χ3n) is 3.59.